The SMILES string of the molecule is CCCNC(=O)[C@@H](C)N(Cc1ccc(Cl)c(Cl)c1)C(=O)COc1ccc(Br)c(C)c1. The number of nitrogens with zero attached hydrogens (tertiary/aromatic N) is 1. The predicted molar refractivity (Wildman–Crippen MR) is 124 cm³/mol. The number of hydrogen-bond acceptors (Lipinski definition) is 3. The number of benzene rings is 2. The van der Waals surface area contributed by atoms with Gasteiger partial charge in [-0.05, 0) is 61.7 Å². The Morgan fingerprint density at radius 2 is 1.90 bits per heavy atom. The second kappa shape index (κ2) is 11.6. The van der Waals surface area contributed by atoms with E-state index in [1.54, 1.807) is 31.2 Å². The summed E-state index contributed by atoms with van der Waals surface area (Å²) in [5, 5.41) is 3.66. The first-order valence-electron chi connectivity index (χ1n) is 9.63. The molecule has 2 aromatic carbocycles. The van der Waals surface area contributed by atoms with E-state index in [-0.39, 0.29) is 25.0 Å². The summed E-state index contributed by atoms with van der Waals surface area (Å²) in [4.78, 5) is 27.0. The van der Waals surface area contributed by atoms with E-state index >= 15 is 0 Å². The Morgan fingerprint density at radius 3 is 2.53 bits per heavy atom. The van der Waals surface area contributed by atoms with Crippen molar-refractivity contribution in [3.8, 4) is 5.75 Å². The lowest BCUT2D eigenvalue weighted by molar-refractivity contribution is -0.142. The van der Waals surface area contributed by atoms with Crippen LogP contribution in [-0.4, -0.2) is 35.9 Å². The molecule has 0 heterocycles. The van der Waals surface area contributed by atoms with Crippen LogP contribution in [0.15, 0.2) is 40.9 Å². The molecule has 5 nitrogen and oxygen atoms in total. The maximum absolute atomic E-state index is 13.0. The number of halogens is 3. The summed E-state index contributed by atoms with van der Waals surface area (Å²) in [6.07, 6.45) is 0.811. The Hall–Kier alpha value is -1.76. The van der Waals surface area contributed by atoms with Gasteiger partial charge in [-0.2, -0.15) is 0 Å². The van der Waals surface area contributed by atoms with Crippen LogP contribution < -0.4 is 10.1 Å². The quantitative estimate of drug-likeness (QED) is 0.487. The molecule has 1 atom stereocenters. The minimum absolute atomic E-state index is 0.187. The van der Waals surface area contributed by atoms with E-state index in [1.807, 2.05) is 26.0 Å². The van der Waals surface area contributed by atoms with Gasteiger partial charge in [-0.25, -0.2) is 0 Å². The van der Waals surface area contributed by atoms with Crippen LogP contribution in [0.25, 0.3) is 0 Å². The summed E-state index contributed by atoms with van der Waals surface area (Å²) >= 11 is 15.5. The molecule has 0 spiro atoms. The van der Waals surface area contributed by atoms with E-state index in [2.05, 4.69) is 21.2 Å². The second-order valence-corrected chi connectivity index (χ2v) is 8.61. The van der Waals surface area contributed by atoms with E-state index in [9.17, 15) is 9.59 Å². The van der Waals surface area contributed by atoms with E-state index < -0.39 is 6.04 Å². The number of amides is 2. The Kier molecular flexibility index (Phi) is 9.46. The van der Waals surface area contributed by atoms with Gasteiger partial charge in [0.05, 0.1) is 10.0 Å². The molecule has 0 fully saturated rings. The zero-order valence-corrected chi connectivity index (χ0v) is 20.3. The third kappa shape index (κ3) is 6.89. The summed E-state index contributed by atoms with van der Waals surface area (Å²) in [5.74, 6) is 0.0622. The minimum atomic E-state index is -0.672. The first-order chi connectivity index (χ1) is 14.2. The number of nitrogens with one attached hydrogen (secondary N) is 1. The van der Waals surface area contributed by atoms with E-state index in [1.165, 1.54) is 4.90 Å². The van der Waals surface area contributed by atoms with Crippen molar-refractivity contribution in [1.29, 1.82) is 0 Å². The van der Waals surface area contributed by atoms with Gasteiger partial charge in [0.25, 0.3) is 5.91 Å². The normalized spacial score (nSPS) is 11.7. The molecule has 0 aliphatic rings. The average molecular weight is 516 g/mol. The molecule has 1 N–H and O–H groups in total. The molecular weight excluding hydrogens is 491 g/mol. The summed E-state index contributed by atoms with van der Waals surface area (Å²) in [7, 11) is 0. The average Bonchev–Trinajstić information content (AvgIpc) is 2.72. The van der Waals surface area contributed by atoms with Crippen LogP contribution in [0, 0.1) is 6.92 Å². The number of aryl methyl sites for hydroxylation is 1. The van der Waals surface area contributed by atoms with Crippen molar-refractivity contribution in [2.45, 2.75) is 39.8 Å². The van der Waals surface area contributed by atoms with Crippen LogP contribution in [0.5, 0.6) is 5.75 Å². The van der Waals surface area contributed by atoms with Crippen LogP contribution in [0.4, 0.5) is 0 Å². The fourth-order valence-corrected chi connectivity index (χ4v) is 3.32. The molecule has 2 aromatic rings. The van der Waals surface area contributed by atoms with Gasteiger partial charge in [-0.1, -0.05) is 52.1 Å². The highest BCUT2D eigenvalue weighted by atomic mass is 79.9. The van der Waals surface area contributed by atoms with Gasteiger partial charge in [0.2, 0.25) is 5.91 Å². The molecule has 30 heavy (non-hydrogen) atoms. The second-order valence-electron chi connectivity index (χ2n) is 6.94. The maximum Gasteiger partial charge on any atom is 0.261 e. The summed E-state index contributed by atoms with van der Waals surface area (Å²) in [6, 6.07) is 9.97. The highest BCUT2D eigenvalue weighted by Crippen LogP contribution is 2.24. The van der Waals surface area contributed by atoms with Crippen molar-refractivity contribution in [3.63, 3.8) is 0 Å². The van der Waals surface area contributed by atoms with E-state index in [4.69, 9.17) is 27.9 Å². The van der Waals surface area contributed by atoms with Crippen molar-refractivity contribution in [3.05, 3.63) is 62.0 Å². The largest absolute Gasteiger partial charge is 0.484 e. The van der Waals surface area contributed by atoms with Crippen molar-refractivity contribution in [1.82, 2.24) is 10.2 Å². The third-order valence-corrected chi connectivity index (χ3v) is 6.17. The van der Waals surface area contributed by atoms with Gasteiger partial charge in [-0.3, -0.25) is 9.59 Å². The third-order valence-electron chi connectivity index (χ3n) is 4.55. The topological polar surface area (TPSA) is 58.6 Å². The fraction of sp³-hybridized carbons (Fsp3) is 0.364. The number of carbonyl (C=O) groups excluding carboxylic acids is 2. The number of carbonyl (C=O) groups is 2. The van der Waals surface area contributed by atoms with Gasteiger partial charge < -0.3 is 15.0 Å². The molecule has 0 aliphatic heterocycles. The molecule has 0 saturated carbocycles. The highest BCUT2D eigenvalue weighted by molar-refractivity contribution is 9.10. The number of hydrogen-bond donors (Lipinski definition) is 1. The van der Waals surface area contributed by atoms with Gasteiger partial charge in [-0.15, -0.1) is 0 Å². The molecule has 0 saturated heterocycles. The first-order valence-corrected chi connectivity index (χ1v) is 11.2. The van der Waals surface area contributed by atoms with Crippen molar-refractivity contribution < 1.29 is 14.3 Å². The first kappa shape index (κ1) is 24.5. The van der Waals surface area contributed by atoms with Crippen LogP contribution in [-0.2, 0) is 16.1 Å². The summed E-state index contributed by atoms with van der Waals surface area (Å²) in [6.45, 7) is 6.18. The smallest absolute Gasteiger partial charge is 0.261 e. The molecule has 0 unspecified atom stereocenters. The monoisotopic (exact) mass is 514 g/mol. The zero-order chi connectivity index (χ0) is 22.3. The molecular formula is C22H25BrCl2N2O3. The molecule has 0 aromatic heterocycles. The van der Waals surface area contributed by atoms with Crippen molar-refractivity contribution >= 4 is 50.9 Å². The molecule has 0 bridgehead atoms. The minimum Gasteiger partial charge on any atom is -0.484 e. The predicted octanol–water partition coefficient (Wildman–Crippen LogP) is 5.39. The Balaban J connectivity index is 2.17. The highest BCUT2D eigenvalue weighted by Gasteiger charge is 2.26. The van der Waals surface area contributed by atoms with Gasteiger partial charge >= 0.3 is 0 Å². The molecule has 8 heteroatoms. The molecule has 162 valence electrons. The maximum atomic E-state index is 13.0. The summed E-state index contributed by atoms with van der Waals surface area (Å²) < 4.78 is 6.65. The van der Waals surface area contributed by atoms with Gasteiger partial charge in [0, 0.05) is 17.6 Å². The van der Waals surface area contributed by atoms with Gasteiger partial charge in [0.1, 0.15) is 11.8 Å². The lowest BCUT2D eigenvalue weighted by Gasteiger charge is -2.29. The Morgan fingerprint density at radius 1 is 1.17 bits per heavy atom. The number of rotatable bonds is 9. The molecule has 0 aliphatic carbocycles. The Labute approximate surface area is 195 Å². The van der Waals surface area contributed by atoms with Crippen LogP contribution >= 0.6 is 39.1 Å². The zero-order valence-electron chi connectivity index (χ0n) is 17.2. The lowest BCUT2D eigenvalue weighted by Crippen LogP contribution is -2.49. The lowest BCUT2D eigenvalue weighted by atomic mass is 10.1. The standard InChI is InChI=1S/C22H25BrCl2N2O3/c1-4-9-26-22(29)15(3)27(12-16-5-8-19(24)20(25)11-16)21(28)13-30-17-6-7-18(23)14(2)10-17/h5-8,10-11,15H,4,9,12-13H2,1-3H3,(H,26,29)/t15-/m1/s1. The van der Waals surface area contributed by atoms with Crippen molar-refractivity contribution in [2.24, 2.45) is 0 Å². The molecule has 2 amide bonds. The van der Waals surface area contributed by atoms with Crippen LogP contribution in [0.3, 0.4) is 0 Å². The van der Waals surface area contributed by atoms with E-state index in [0.717, 1.165) is 22.0 Å². The van der Waals surface area contributed by atoms with Gasteiger partial charge in [0.15, 0.2) is 6.61 Å². The molecule has 0 radical (unpaired) electrons. The van der Waals surface area contributed by atoms with Crippen LogP contribution in [0.2, 0.25) is 10.0 Å². The fourth-order valence-electron chi connectivity index (χ4n) is 2.75. The van der Waals surface area contributed by atoms with Crippen molar-refractivity contribution in [2.75, 3.05) is 13.2 Å². The summed E-state index contributed by atoms with van der Waals surface area (Å²) in [5.41, 5.74) is 1.77. The van der Waals surface area contributed by atoms with Crippen LogP contribution in [0.1, 0.15) is 31.4 Å². The molecule has 2 rings (SSSR count). The number of ether oxygens (including phenoxy) is 1. The Bertz CT molecular complexity index is 908. The van der Waals surface area contributed by atoms with E-state index in [0.29, 0.717) is 22.3 Å².